The van der Waals surface area contributed by atoms with Crippen LogP contribution in [0.15, 0.2) is 36.4 Å². The second-order valence-corrected chi connectivity index (χ2v) is 5.36. The van der Waals surface area contributed by atoms with Crippen molar-refractivity contribution < 1.29 is 0 Å². The number of aryl methyl sites for hydroxylation is 1. The van der Waals surface area contributed by atoms with Gasteiger partial charge >= 0.3 is 0 Å². The van der Waals surface area contributed by atoms with Gasteiger partial charge in [0.1, 0.15) is 5.82 Å². The van der Waals surface area contributed by atoms with Crippen LogP contribution in [0.25, 0.3) is 11.4 Å². The zero-order valence-corrected chi connectivity index (χ0v) is 12.0. The third-order valence-electron chi connectivity index (χ3n) is 3.57. The molecule has 0 unspecified atom stereocenters. The maximum atomic E-state index is 4.75. The molecule has 4 nitrogen and oxygen atoms in total. The van der Waals surface area contributed by atoms with Gasteiger partial charge in [-0.05, 0) is 13.8 Å². The first-order chi connectivity index (χ1) is 9.72. The minimum Gasteiger partial charge on any atom is -0.354 e. The summed E-state index contributed by atoms with van der Waals surface area (Å²) in [6.45, 7) is 7.23. The number of anilines is 1. The van der Waals surface area contributed by atoms with Gasteiger partial charge in [-0.3, -0.25) is 0 Å². The Morgan fingerprint density at radius 3 is 2.75 bits per heavy atom. The lowest BCUT2D eigenvalue weighted by Crippen LogP contribution is -2.49. The van der Waals surface area contributed by atoms with Crippen LogP contribution >= 0.6 is 0 Å². The molecule has 0 radical (unpaired) electrons. The van der Waals surface area contributed by atoms with Gasteiger partial charge in [0.05, 0.1) is 0 Å². The van der Waals surface area contributed by atoms with Crippen molar-refractivity contribution in [1.29, 1.82) is 0 Å². The largest absolute Gasteiger partial charge is 0.354 e. The molecule has 1 saturated heterocycles. The molecule has 0 bridgehead atoms. The van der Waals surface area contributed by atoms with Gasteiger partial charge in [-0.15, -0.1) is 0 Å². The van der Waals surface area contributed by atoms with Gasteiger partial charge in [0, 0.05) is 43.0 Å². The summed E-state index contributed by atoms with van der Waals surface area (Å²) in [4.78, 5) is 11.6. The van der Waals surface area contributed by atoms with Crippen LogP contribution in [0.4, 0.5) is 5.82 Å². The van der Waals surface area contributed by atoms with Crippen LogP contribution in [0.2, 0.25) is 0 Å². The molecule has 0 aliphatic carbocycles. The van der Waals surface area contributed by atoms with Crippen molar-refractivity contribution in [1.82, 2.24) is 15.3 Å². The SMILES string of the molecule is Cc1cc(N2CCN[C@H](C)C2)nc(-c2ccccc2)n1. The van der Waals surface area contributed by atoms with Crippen LogP contribution in [0, 0.1) is 6.92 Å². The maximum absolute atomic E-state index is 4.75. The fourth-order valence-electron chi connectivity index (χ4n) is 2.57. The molecule has 1 aromatic carbocycles. The number of hydrogen-bond donors (Lipinski definition) is 1. The highest BCUT2D eigenvalue weighted by molar-refractivity contribution is 5.58. The molecule has 2 heterocycles. The Balaban J connectivity index is 1.94. The van der Waals surface area contributed by atoms with Gasteiger partial charge in [-0.1, -0.05) is 30.3 Å². The van der Waals surface area contributed by atoms with Crippen molar-refractivity contribution >= 4 is 5.82 Å². The summed E-state index contributed by atoms with van der Waals surface area (Å²) in [6.07, 6.45) is 0. The highest BCUT2D eigenvalue weighted by Gasteiger charge is 2.18. The summed E-state index contributed by atoms with van der Waals surface area (Å²) in [5.41, 5.74) is 2.08. The van der Waals surface area contributed by atoms with E-state index in [9.17, 15) is 0 Å². The first kappa shape index (κ1) is 13.1. The Morgan fingerprint density at radius 2 is 2.00 bits per heavy atom. The van der Waals surface area contributed by atoms with Crippen molar-refractivity contribution in [2.45, 2.75) is 19.9 Å². The zero-order chi connectivity index (χ0) is 13.9. The number of aromatic nitrogens is 2. The molecule has 4 heteroatoms. The molecule has 0 amide bonds. The fraction of sp³-hybridized carbons (Fsp3) is 0.375. The Hall–Kier alpha value is -1.94. The van der Waals surface area contributed by atoms with Gasteiger partial charge in [-0.2, -0.15) is 0 Å². The second kappa shape index (κ2) is 5.59. The molecule has 1 N–H and O–H groups in total. The van der Waals surface area contributed by atoms with Gasteiger partial charge in [-0.25, -0.2) is 9.97 Å². The molecule has 20 heavy (non-hydrogen) atoms. The molecule has 0 spiro atoms. The molecule has 3 rings (SSSR count). The van der Waals surface area contributed by atoms with E-state index in [4.69, 9.17) is 4.98 Å². The highest BCUT2D eigenvalue weighted by Crippen LogP contribution is 2.20. The molecular formula is C16H20N4. The minimum absolute atomic E-state index is 0.499. The van der Waals surface area contributed by atoms with E-state index in [0.717, 1.165) is 42.5 Å². The third kappa shape index (κ3) is 2.80. The first-order valence-corrected chi connectivity index (χ1v) is 7.12. The van der Waals surface area contributed by atoms with E-state index in [1.807, 2.05) is 25.1 Å². The summed E-state index contributed by atoms with van der Waals surface area (Å²) >= 11 is 0. The lowest BCUT2D eigenvalue weighted by Gasteiger charge is -2.33. The van der Waals surface area contributed by atoms with Crippen molar-refractivity contribution in [3.05, 3.63) is 42.1 Å². The van der Waals surface area contributed by atoms with Crippen LogP contribution in [-0.4, -0.2) is 35.6 Å². The maximum Gasteiger partial charge on any atom is 0.161 e. The predicted octanol–water partition coefficient (Wildman–Crippen LogP) is 2.25. The average molecular weight is 268 g/mol. The van der Waals surface area contributed by atoms with E-state index in [1.54, 1.807) is 0 Å². The molecule has 2 aromatic rings. The molecule has 104 valence electrons. The number of rotatable bonds is 2. The summed E-state index contributed by atoms with van der Waals surface area (Å²) in [7, 11) is 0. The Labute approximate surface area is 119 Å². The van der Waals surface area contributed by atoms with Gasteiger partial charge < -0.3 is 10.2 Å². The van der Waals surface area contributed by atoms with Crippen molar-refractivity contribution in [3.63, 3.8) is 0 Å². The van der Waals surface area contributed by atoms with E-state index in [-0.39, 0.29) is 0 Å². The fourth-order valence-corrected chi connectivity index (χ4v) is 2.57. The predicted molar refractivity (Wildman–Crippen MR) is 81.9 cm³/mol. The van der Waals surface area contributed by atoms with Gasteiger partial charge in [0.2, 0.25) is 0 Å². The van der Waals surface area contributed by atoms with E-state index in [2.05, 4.69) is 40.3 Å². The van der Waals surface area contributed by atoms with E-state index in [1.165, 1.54) is 0 Å². The molecule has 1 fully saturated rings. The molecule has 0 saturated carbocycles. The van der Waals surface area contributed by atoms with Crippen molar-refractivity contribution in [2.75, 3.05) is 24.5 Å². The third-order valence-corrected chi connectivity index (χ3v) is 3.57. The van der Waals surface area contributed by atoms with Gasteiger partial charge in [0.25, 0.3) is 0 Å². The Morgan fingerprint density at radius 1 is 1.20 bits per heavy atom. The lowest BCUT2D eigenvalue weighted by molar-refractivity contribution is 0.482. The van der Waals surface area contributed by atoms with E-state index < -0.39 is 0 Å². The smallest absolute Gasteiger partial charge is 0.161 e. The van der Waals surface area contributed by atoms with Gasteiger partial charge in [0.15, 0.2) is 5.82 Å². The number of piperazine rings is 1. The second-order valence-electron chi connectivity index (χ2n) is 5.36. The molecule has 1 aliphatic heterocycles. The van der Waals surface area contributed by atoms with E-state index >= 15 is 0 Å². The van der Waals surface area contributed by atoms with E-state index in [0.29, 0.717) is 6.04 Å². The lowest BCUT2D eigenvalue weighted by atomic mass is 10.2. The first-order valence-electron chi connectivity index (χ1n) is 7.12. The Kier molecular flexibility index (Phi) is 3.65. The molecule has 1 aromatic heterocycles. The minimum atomic E-state index is 0.499. The average Bonchev–Trinajstić information content (AvgIpc) is 2.47. The normalized spacial score (nSPS) is 19.1. The number of benzene rings is 1. The Bertz CT molecular complexity index is 582. The van der Waals surface area contributed by atoms with Crippen LogP contribution in [0.1, 0.15) is 12.6 Å². The molecule has 1 aliphatic rings. The monoisotopic (exact) mass is 268 g/mol. The molecular weight excluding hydrogens is 248 g/mol. The number of nitrogens with zero attached hydrogens (tertiary/aromatic N) is 3. The quantitative estimate of drug-likeness (QED) is 0.907. The topological polar surface area (TPSA) is 41.0 Å². The standard InChI is InChI=1S/C16H20N4/c1-12-10-15(20-9-8-17-13(2)11-20)19-16(18-12)14-6-4-3-5-7-14/h3-7,10,13,17H,8-9,11H2,1-2H3/t13-/m1/s1. The summed E-state index contributed by atoms with van der Waals surface area (Å²) in [6, 6.07) is 12.7. The number of hydrogen-bond acceptors (Lipinski definition) is 4. The summed E-state index contributed by atoms with van der Waals surface area (Å²) in [5.74, 6) is 1.84. The molecule has 1 atom stereocenters. The van der Waals surface area contributed by atoms with Crippen LogP contribution < -0.4 is 10.2 Å². The highest BCUT2D eigenvalue weighted by atomic mass is 15.2. The summed E-state index contributed by atoms with van der Waals surface area (Å²) < 4.78 is 0. The van der Waals surface area contributed by atoms with Crippen LogP contribution in [0.3, 0.4) is 0 Å². The van der Waals surface area contributed by atoms with Crippen molar-refractivity contribution in [3.8, 4) is 11.4 Å². The van der Waals surface area contributed by atoms with Crippen molar-refractivity contribution in [2.24, 2.45) is 0 Å². The number of nitrogens with one attached hydrogen (secondary N) is 1. The van der Waals surface area contributed by atoms with Crippen LogP contribution in [-0.2, 0) is 0 Å². The summed E-state index contributed by atoms with van der Waals surface area (Å²) in [5, 5.41) is 3.46. The van der Waals surface area contributed by atoms with Crippen LogP contribution in [0.5, 0.6) is 0 Å². The zero-order valence-electron chi connectivity index (χ0n) is 12.0.